The highest BCUT2D eigenvalue weighted by Crippen LogP contribution is 2.15. The molecular formula is C17H22F2IN3OS. The molecular weight excluding hydrogens is 459 g/mol. The van der Waals surface area contributed by atoms with E-state index in [0.717, 1.165) is 31.1 Å². The second-order valence-electron chi connectivity index (χ2n) is 5.15. The maximum Gasteiger partial charge on any atom is 0.193 e. The van der Waals surface area contributed by atoms with Crippen LogP contribution in [0.4, 0.5) is 8.78 Å². The van der Waals surface area contributed by atoms with E-state index in [1.165, 1.54) is 10.9 Å². The maximum absolute atomic E-state index is 13.1. The van der Waals surface area contributed by atoms with Crippen LogP contribution in [0.25, 0.3) is 0 Å². The molecule has 1 N–H and O–H groups in total. The minimum atomic E-state index is -0.912. The van der Waals surface area contributed by atoms with E-state index in [4.69, 9.17) is 4.74 Å². The lowest BCUT2D eigenvalue weighted by Crippen LogP contribution is -2.41. The molecule has 0 unspecified atom stereocenters. The van der Waals surface area contributed by atoms with Crippen LogP contribution in [-0.4, -0.2) is 44.7 Å². The third-order valence-electron chi connectivity index (χ3n) is 3.39. The first-order valence-corrected chi connectivity index (χ1v) is 8.50. The zero-order valence-electron chi connectivity index (χ0n) is 14.2. The van der Waals surface area contributed by atoms with Gasteiger partial charge in [0, 0.05) is 31.6 Å². The standard InChI is InChI=1S/C17H21F2N3OS.HI/c1-20-17(22(2)9-7-14-4-3-11-24-14)21-8-10-23-13-5-6-15(18)16(19)12-13;/h3-6,11-12H,7-10H2,1-2H3,(H,20,21);1H. The van der Waals surface area contributed by atoms with Crippen LogP contribution in [0.5, 0.6) is 5.75 Å². The Labute approximate surface area is 167 Å². The van der Waals surface area contributed by atoms with Gasteiger partial charge >= 0.3 is 0 Å². The molecule has 25 heavy (non-hydrogen) atoms. The Balaban J connectivity index is 0.00000312. The minimum absolute atomic E-state index is 0. The van der Waals surface area contributed by atoms with Crippen molar-refractivity contribution in [3.8, 4) is 5.75 Å². The number of thiophene rings is 1. The quantitative estimate of drug-likeness (QED) is 0.283. The highest BCUT2D eigenvalue weighted by Gasteiger charge is 2.07. The molecule has 0 saturated carbocycles. The SMILES string of the molecule is CN=C(NCCOc1ccc(F)c(F)c1)N(C)CCc1cccs1.I. The number of nitrogens with zero attached hydrogens (tertiary/aromatic N) is 2. The first-order valence-electron chi connectivity index (χ1n) is 7.62. The average Bonchev–Trinajstić information content (AvgIpc) is 3.09. The third kappa shape index (κ3) is 7.15. The largest absolute Gasteiger partial charge is 0.492 e. The molecule has 0 saturated heterocycles. The van der Waals surface area contributed by atoms with Crippen LogP contribution in [0.1, 0.15) is 4.88 Å². The summed E-state index contributed by atoms with van der Waals surface area (Å²) in [7, 11) is 3.69. The van der Waals surface area contributed by atoms with Crippen LogP contribution in [0, 0.1) is 11.6 Å². The fourth-order valence-corrected chi connectivity index (χ4v) is 2.82. The molecule has 0 aliphatic carbocycles. The first kappa shape index (κ1) is 21.6. The van der Waals surface area contributed by atoms with Gasteiger partial charge in [-0.15, -0.1) is 35.3 Å². The topological polar surface area (TPSA) is 36.9 Å². The Morgan fingerprint density at radius 3 is 2.72 bits per heavy atom. The van der Waals surface area contributed by atoms with Crippen LogP contribution >= 0.6 is 35.3 Å². The smallest absolute Gasteiger partial charge is 0.193 e. The summed E-state index contributed by atoms with van der Waals surface area (Å²) in [6.45, 7) is 1.68. The number of nitrogens with one attached hydrogen (secondary N) is 1. The van der Waals surface area contributed by atoms with E-state index >= 15 is 0 Å². The molecule has 0 atom stereocenters. The molecule has 0 bridgehead atoms. The number of benzene rings is 1. The van der Waals surface area contributed by atoms with E-state index in [0.29, 0.717) is 18.9 Å². The second kappa shape index (κ2) is 11.2. The van der Waals surface area contributed by atoms with E-state index in [1.54, 1.807) is 18.4 Å². The Kier molecular flexibility index (Phi) is 9.73. The summed E-state index contributed by atoms with van der Waals surface area (Å²) in [6.07, 6.45) is 0.959. The van der Waals surface area contributed by atoms with Gasteiger partial charge in [0.1, 0.15) is 12.4 Å². The van der Waals surface area contributed by atoms with Gasteiger partial charge in [0.2, 0.25) is 0 Å². The summed E-state index contributed by atoms with van der Waals surface area (Å²) in [4.78, 5) is 7.60. The number of hydrogen-bond donors (Lipinski definition) is 1. The fourth-order valence-electron chi connectivity index (χ4n) is 2.12. The van der Waals surface area contributed by atoms with E-state index in [2.05, 4.69) is 21.8 Å². The van der Waals surface area contributed by atoms with E-state index in [1.807, 2.05) is 18.0 Å². The van der Waals surface area contributed by atoms with Gasteiger partial charge in [-0.3, -0.25) is 4.99 Å². The summed E-state index contributed by atoms with van der Waals surface area (Å²) in [5.41, 5.74) is 0. The van der Waals surface area contributed by atoms with Gasteiger partial charge in [-0.05, 0) is 30.0 Å². The van der Waals surface area contributed by atoms with Gasteiger partial charge in [-0.1, -0.05) is 6.07 Å². The lowest BCUT2D eigenvalue weighted by atomic mass is 10.3. The van der Waals surface area contributed by atoms with Crippen LogP contribution < -0.4 is 10.1 Å². The predicted molar refractivity (Wildman–Crippen MR) is 109 cm³/mol. The zero-order chi connectivity index (χ0) is 17.4. The number of halogens is 3. The van der Waals surface area contributed by atoms with Crippen LogP contribution in [-0.2, 0) is 6.42 Å². The normalized spacial score (nSPS) is 11.0. The van der Waals surface area contributed by atoms with Gasteiger partial charge in [-0.2, -0.15) is 0 Å². The Hall–Kier alpha value is -1.42. The summed E-state index contributed by atoms with van der Waals surface area (Å²) in [5, 5.41) is 5.25. The minimum Gasteiger partial charge on any atom is -0.492 e. The molecule has 0 aliphatic heterocycles. The number of aliphatic imine (C=N–C) groups is 1. The van der Waals surface area contributed by atoms with Crippen molar-refractivity contribution >= 4 is 41.3 Å². The molecule has 138 valence electrons. The predicted octanol–water partition coefficient (Wildman–Crippen LogP) is 3.77. The van der Waals surface area contributed by atoms with Gasteiger partial charge in [0.15, 0.2) is 17.6 Å². The monoisotopic (exact) mass is 481 g/mol. The number of guanidine groups is 1. The van der Waals surface area contributed by atoms with Crippen molar-refractivity contribution in [1.82, 2.24) is 10.2 Å². The number of ether oxygens (including phenoxy) is 1. The molecule has 1 aromatic heterocycles. The lowest BCUT2D eigenvalue weighted by Gasteiger charge is -2.21. The summed E-state index contributed by atoms with van der Waals surface area (Å²) in [6, 6.07) is 7.65. The second-order valence-corrected chi connectivity index (χ2v) is 6.18. The van der Waals surface area contributed by atoms with Crippen molar-refractivity contribution in [2.45, 2.75) is 6.42 Å². The van der Waals surface area contributed by atoms with Gasteiger partial charge < -0.3 is 15.0 Å². The fraction of sp³-hybridized carbons (Fsp3) is 0.353. The summed E-state index contributed by atoms with van der Waals surface area (Å²) in [5.74, 6) is -0.727. The molecule has 2 aromatic rings. The van der Waals surface area contributed by atoms with E-state index in [-0.39, 0.29) is 24.0 Å². The highest BCUT2D eigenvalue weighted by atomic mass is 127. The van der Waals surface area contributed by atoms with Crippen molar-refractivity contribution in [3.05, 3.63) is 52.2 Å². The van der Waals surface area contributed by atoms with Crippen molar-refractivity contribution < 1.29 is 13.5 Å². The molecule has 0 spiro atoms. The summed E-state index contributed by atoms with van der Waals surface area (Å²) < 4.78 is 31.3. The molecule has 0 fully saturated rings. The Morgan fingerprint density at radius 1 is 1.28 bits per heavy atom. The first-order chi connectivity index (χ1) is 11.6. The van der Waals surface area contributed by atoms with Crippen LogP contribution in [0.15, 0.2) is 40.7 Å². The number of likely N-dealkylation sites (N-methyl/N-ethyl adjacent to an activating group) is 1. The maximum atomic E-state index is 13.1. The average molecular weight is 481 g/mol. The number of rotatable bonds is 7. The highest BCUT2D eigenvalue weighted by molar-refractivity contribution is 14.0. The van der Waals surface area contributed by atoms with Crippen molar-refractivity contribution in [1.29, 1.82) is 0 Å². The molecule has 1 aromatic carbocycles. The lowest BCUT2D eigenvalue weighted by molar-refractivity contribution is 0.316. The van der Waals surface area contributed by atoms with Gasteiger partial charge in [0.25, 0.3) is 0 Å². The zero-order valence-corrected chi connectivity index (χ0v) is 17.3. The molecule has 2 rings (SSSR count). The Bertz CT molecular complexity index is 668. The molecule has 1 heterocycles. The third-order valence-corrected chi connectivity index (χ3v) is 4.33. The van der Waals surface area contributed by atoms with Crippen LogP contribution in [0.2, 0.25) is 0 Å². The molecule has 0 amide bonds. The van der Waals surface area contributed by atoms with Crippen LogP contribution in [0.3, 0.4) is 0 Å². The molecule has 4 nitrogen and oxygen atoms in total. The van der Waals surface area contributed by atoms with Crippen molar-refractivity contribution in [2.24, 2.45) is 4.99 Å². The van der Waals surface area contributed by atoms with Crippen molar-refractivity contribution in [2.75, 3.05) is 33.8 Å². The molecule has 0 radical (unpaired) electrons. The van der Waals surface area contributed by atoms with E-state index in [9.17, 15) is 8.78 Å². The Morgan fingerprint density at radius 2 is 2.08 bits per heavy atom. The van der Waals surface area contributed by atoms with E-state index < -0.39 is 11.6 Å². The molecule has 8 heteroatoms. The number of hydrogen-bond acceptors (Lipinski definition) is 3. The summed E-state index contributed by atoms with van der Waals surface area (Å²) >= 11 is 1.74. The van der Waals surface area contributed by atoms with Gasteiger partial charge in [-0.25, -0.2) is 8.78 Å². The van der Waals surface area contributed by atoms with Crippen molar-refractivity contribution in [3.63, 3.8) is 0 Å². The molecule has 0 aliphatic rings. The van der Waals surface area contributed by atoms with Gasteiger partial charge in [0.05, 0.1) is 6.54 Å².